The highest BCUT2D eigenvalue weighted by Gasteiger charge is 2.16. The standard InChI is InChI=1S/C14H10ClF2NO5S/c15-11-7-9(4-5-12(11)23-14(16)17)18-24(21,22)10-3-1-2-8(6-10)13(19)20/h1-7,14,18H,(H,19,20)/p-1. The van der Waals surface area contributed by atoms with Crippen LogP contribution in [0.15, 0.2) is 47.4 Å². The van der Waals surface area contributed by atoms with E-state index in [4.69, 9.17) is 11.6 Å². The minimum Gasteiger partial charge on any atom is -0.545 e. The molecule has 0 aliphatic heterocycles. The van der Waals surface area contributed by atoms with Gasteiger partial charge < -0.3 is 14.6 Å². The van der Waals surface area contributed by atoms with E-state index in [1.54, 1.807) is 0 Å². The van der Waals surface area contributed by atoms with E-state index in [1.807, 2.05) is 0 Å². The Morgan fingerprint density at radius 3 is 2.50 bits per heavy atom. The number of hydrogen-bond donors (Lipinski definition) is 1. The molecule has 0 atom stereocenters. The Kier molecular flexibility index (Phi) is 5.25. The average Bonchev–Trinajstić information content (AvgIpc) is 2.49. The Bertz CT molecular complexity index is 873. The Balaban J connectivity index is 2.28. The van der Waals surface area contributed by atoms with Crippen molar-refractivity contribution in [3.8, 4) is 5.75 Å². The molecule has 0 fully saturated rings. The summed E-state index contributed by atoms with van der Waals surface area (Å²) < 4.78 is 55.1. The molecule has 2 rings (SSSR count). The maximum Gasteiger partial charge on any atom is 0.387 e. The summed E-state index contributed by atoms with van der Waals surface area (Å²) in [5.74, 6) is -1.84. The van der Waals surface area contributed by atoms with Crippen molar-refractivity contribution in [3.05, 3.63) is 53.1 Å². The summed E-state index contributed by atoms with van der Waals surface area (Å²) in [7, 11) is -4.11. The van der Waals surface area contributed by atoms with E-state index in [-0.39, 0.29) is 26.9 Å². The first-order chi connectivity index (χ1) is 11.2. The Morgan fingerprint density at radius 2 is 1.92 bits per heavy atom. The summed E-state index contributed by atoms with van der Waals surface area (Å²) in [5.41, 5.74) is -0.322. The second kappa shape index (κ2) is 7.02. The smallest absolute Gasteiger partial charge is 0.387 e. The minimum absolute atomic E-state index is 0.0135. The Morgan fingerprint density at radius 1 is 1.21 bits per heavy atom. The van der Waals surface area contributed by atoms with Crippen molar-refractivity contribution in [2.45, 2.75) is 11.5 Å². The van der Waals surface area contributed by atoms with Gasteiger partial charge in [0.25, 0.3) is 10.0 Å². The molecule has 0 aromatic heterocycles. The van der Waals surface area contributed by atoms with E-state index in [1.165, 1.54) is 24.3 Å². The maximum absolute atomic E-state index is 12.2. The first kappa shape index (κ1) is 18.0. The number of carbonyl (C=O) groups is 1. The molecule has 0 bridgehead atoms. The zero-order valence-corrected chi connectivity index (χ0v) is 13.3. The number of halogens is 3. The van der Waals surface area contributed by atoms with Crippen LogP contribution in [0.4, 0.5) is 14.5 Å². The van der Waals surface area contributed by atoms with Crippen LogP contribution < -0.4 is 14.6 Å². The predicted octanol–water partition coefficient (Wildman–Crippen LogP) is 2.11. The number of carboxylic acid groups (broad SMARTS) is 1. The summed E-state index contributed by atoms with van der Waals surface area (Å²) in [5, 5.41) is 10.6. The molecule has 24 heavy (non-hydrogen) atoms. The first-order valence-corrected chi connectivity index (χ1v) is 8.14. The quantitative estimate of drug-likeness (QED) is 0.833. The van der Waals surface area contributed by atoms with Gasteiger partial charge in [-0.05, 0) is 35.9 Å². The zero-order valence-electron chi connectivity index (χ0n) is 11.7. The number of carbonyl (C=O) groups excluding carboxylic acids is 1. The van der Waals surface area contributed by atoms with Gasteiger partial charge in [0.1, 0.15) is 5.75 Å². The van der Waals surface area contributed by atoms with Gasteiger partial charge >= 0.3 is 6.61 Å². The normalized spacial score (nSPS) is 11.3. The Hall–Kier alpha value is -2.39. The molecule has 0 radical (unpaired) electrons. The predicted molar refractivity (Wildman–Crippen MR) is 79.7 cm³/mol. The van der Waals surface area contributed by atoms with Crippen molar-refractivity contribution in [2.24, 2.45) is 0 Å². The van der Waals surface area contributed by atoms with Crippen LogP contribution in [-0.2, 0) is 10.0 Å². The van der Waals surface area contributed by atoms with Crippen LogP contribution in [0.5, 0.6) is 5.75 Å². The molecule has 0 unspecified atom stereocenters. The van der Waals surface area contributed by atoms with E-state index in [0.29, 0.717) is 0 Å². The number of alkyl halides is 2. The summed E-state index contributed by atoms with van der Waals surface area (Å²) in [6.07, 6.45) is 0. The van der Waals surface area contributed by atoms with E-state index in [0.717, 1.165) is 18.2 Å². The van der Waals surface area contributed by atoms with Gasteiger partial charge in [-0.2, -0.15) is 8.78 Å². The Labute approximate surface area is 140 Å². The van der Waals surface area contributed by atoms with Crippen molar-refractivity contribution in [2.75, 3.05) is 4.72 Å². The second-order valence-electron chi connectivity index (χ2n) is 4.44. The van der Waals surface area contributed by atoms with Crippen LogP contribution in [-0.4, -0.2) is 21.0 Å². The van der Waals surface area contributed by atoms with Crippen LogP contribution in [0.1, 0.15) is 10.4 Å². The molecule has 0 aliphatic rings. The number of aromatic carboxylic acids is 1. The lowest BCUT2D eigenvalue weighted by Gasteiger charge is -2.12. The van der Waals surface area contributed by atoms with Gasteiger partial charge in [-0.25, -0.2) is 8.42 Å². The van der Waals surface area contributed by atoms with E-state index in [9.17, 15) is 27.1 Å². The van der Waals surface area contributed by atoms with Crippen molar-refractivity contribution in [1.82, 2.24) is 0 Å². The van der Waals surface area contributed by atoms with Crippen LogP contribution in [0.25, 0.3) is 0 Å². The van der Waals surface area contributed by atoms with Crippen molar-refractivity contribution in [1.29, 1.82) is 0 Å². The number of rotatable bonds is 6. The SMILES string of the molecule is O=C([O-])c1cccc(S(=O)(=O)Nc2ccc(OC(F)F)c(Cl)c2)c1. The maximum atomic E-state index is 12.2. The fraction of sp³-hybridized carbons (Fsp3) is 0.0714. The van der Waals surface area contributed by atoms with E-state index >= 15 is 0 Å². The summed E-state index contributed by atoms with van der Waals surface area (Å²) >= 11 is 5.74. The van der Waals surface area contributed by atoms with Gasteiger partial charge in [-0.1, -0.05) is 23.7 Å². The largest absolute Gasteiger partial charge is 0.545 e. The molecule has 10 heteroatoms. The average molecular weight is 377 g/mol. The monoisotopic (exact) mass is 376 g/mol. The molecule has 0 heterocycles. The molecule has 0 spiro atoms. The van der Waals surface area contributed by atoms with Gasteiger partial charge in [-0.3, -0.25) is 4.72 Å². The zero-order chi connectivity index (χ0) is 17.9. The fourth-order valence-electron chi connectivity index (χ4n) is 1.76. The third kappa shape index (κ3) is 4.33. The number of anilines is 1. The summed E-state index contributed by atoms with van der Waals surface area (Å²) in [6.45, 7) is -3.07. The first-order valence-electron chi connectivity index (χ1n) is 6.27. The van der Waals surface area contributed by atoms with Crippen molar-refractivity contribution < 1.29 is 31.8 Å². The topological polar surface area (TPSA) is 95.5 Å². The van der Waals surface area contributed by atoms with Crippen LogP contribution in [0.2, 0.25) is 5.02 Å². The highest BCUT2D eigenvalue weighted by Crippen LogP contribution is 2.30. The highest BCUT2D eigenvalue weighted by molar-refractivity contribution is 7.92. The molecule has 0 aliphatic carbocycles. The second-order valence-corrected chi connectivity index (χ2v) is 6.53. The minimum atomic E-state index is -4.11. The summed E-state index contributed by atoms with van der Waals surface area (Å²) in [6, 6.07) is 7.86. The van der Waals surface area contributed by atoms with Crippen LogP contribution >= 0.6 is 11.6 Å². The lowest BCUT2D eigenvalue weighted by Crippen LogP contribution is -2.23. The lowest BCUT2D eigenvalue weighted by molar-refractivity contribution is -0.255. The number of carboxylic acids is 1. The molecule has 0 saturated carbocycles. The molecule has 1 N–H and O–H groups in total. The molecule has 0 saturated heterocycles. The molecular weight excluding hydrogens is 368 g/mol. The van der Waals surface area contributed by atoms with Gasteiger partial charge in [0.05, 0.1) is 21.6 Å². The molecule has 128 valence electrons. The number of sulfonamides is 1. The van der Waals surface area contributed by atoms with Gasteiger partial charge in [0.2, 0.25) is 0 Å². The van der Waals surface area contributed by atoms with Gasteiger partial charge in [-0.15, -0.1) is 0 Å². The van der Waals surface area contributed by atoms with Crippen LogP contribution in [0, 0.1) is 0 Å². The van der Waals surface area contributed by atoms with Crippen LogP contribution in [0.3, 0.4) is 0 Å². The third-order valence-corrected chi connectivity index (χ3v) is 4.45. The van der Waals surface area contributed by atoms with Crippen molar-refractivity contribution in [3.63, 3.8) is 0 Å². The van der Waals surface area contributed by atoms with E-state index in [2.05, 4.69) is 9.46 Å². The van der Waals surface area contributed by atoms with E-state index < -0.39 is 22.6 Å². The summed E-state index contributed by atoms with van der Waals surface area (Å²) in [4.78, 5) is 10.5. The fourth-order valence-corrected chi connectivity index (χ4v) is 3.08. The van der Waals surface area contributed by atoms with Gasteiger partial charge in [0.15, 0.2) is 0 Å². The van der Waals surface area contributed by atoms with Crippen molar-refractivity contribution >= 4 is 33.3 Å². The molecule has 6 nitrogen and oxygen atoms in total. The molecule has 0 amide bonds. The number of nitrogens with one attached hydrogen (secondary N) is 1. The molecular formula is C14H9ClF2NO5S-. The van der Waals surface area contributed by atoms with Gasteiger partial charge in [0, 0.05) is 0 Å². The lowest BCUT2D eigenvalue weighted by atomic mass is 10.2. The third-order valence-electron chi connectivity index (χ3n) is 2.78. The number of hydrogen-bond acceptors (Lipinski definition) is 5. The number of benzene rings is 2. The molecule has 2 aromatic carbocycles. The number of ether oxygens (including phenoxy) is 1. The highest BCUT2D eigenvalue weighted by atomic mass is 35.5. The molecule has 2 aromatic rings.